The van der Waals surface area contributed by atoms with Gasteiger partial charge in [-0.15, -0.1) is 11.8 Å². The molecule has 2 aromatic rings. The molecular formula is C19H22BrNO3S. The van der Waals surface area contributed by atoms with Gasteiger partial charge in [-0.3, -0.25) is 4.79 Å². The minimum absolute atomic E-state index is 0.113. The van der Waals surface area contributed by atoms with Crippen LogP contribution in [0, 0.1) is 0 Å². The number of hydrogen-bond acceptors (Lipinski definition) is 4. The highest BCUT2D eigenvalue weighted by atomic mass is 79.9. The van der Waals surface area contributed by atoms with E-state index < -0.39 is 0 Å². The van der Waals surface area contributed by atoms with Crippen molar-refractivity contribution in [2.45, 2.75) is 18.4 Å². The molecule has 0 aliphatic rings. The van der Waals surface area contributed by atoms with Crippen molar-refractivity contribution in [1.29, 1.82) is 0 Å². The second kappa shape index (κ2) is 9.73. The highest BCUT2D eigenvalue weighted by molar-refractivity contribution is 9.10. The van der Waals surface area contributed by atoms with Gasteiger partial charge in [-0.05, 0) is 42.8 Å². The van der Waals surface area contributed by atoms with E-state index in [1.807, 2.05) is 54.3 Å². The highest BCUT2D eigenvalue weighted by Gasteiger charge is 2.14. The van der Waals surface area contributed by atoms with Crippen LogP contribution >= 0.6 is 27.7 Å². The second-order valence-corrected chi connectivity index (χ2v) is 7.31. The van der Waals surface area contributed by atoms with Gasteiger partial charge in [0.25, 0.3) is 0 Å². The second-order valence-electron chi connectivity index (χ2n) is 5.34. The Morgan fingerprint density at radius 1 is 1.12 bits per heavy atom. The molecule has 4 nitrogen and oxygen atoms in total. The number of rotatable bonds is 8. The third kappa shape index (κ3) is 5.68. The van der Waals surface area contributed by atoms with Crippen molar-refractivity contribution < 1.29 is 14.3 Å². The lowest BCUT2D eigenvalue weighted by atomic mass is 10.2. The van der Waals surface area contributed by atoms with E-state index in [-0.39, 0.29) is 5.91 Å². The van der Waals surface area contributed by atoms with Gasteiger partial charge >= 0.3 is 0 Å². The molecule has 0 radical (unpaired) electrons. The molecule has 0 saturated heterocycles. The van der Waals surface area contributed by atoms with Crippen LogP contribution in [0.25, 0.3) is 0 Å². The van der Waals surface area contributed by atoms with E-state index in [2.05, 4.69) is 15.9 Å². The number of amides is 1. The maximum absolute atomic E-state index is 12.6. The molecule has 0 heterocycles. The zero-order valence-electron chi connectivity index (χ0n) is 14.6. The number of halogens is 1. The summed E-state index contributed by atoms with van der Waals surface area (Å²) in [6.07, 6.45) is 0. The molecule has 0 atom stereocenters. The molecule has 6 heteroatoms. The summed E-state index contributed by atoms with van der Waals surface area (Å²) in [6, 6.07) is 13.7. The van der Waals surface area contributed by atoms with E-state index in [1.54, 1.807) is 26.0 Å². The Kier molecular flexibility index (Phi) is 7.65. The monoisotopic (exact) mass is 423 g/mol. The fourth-order valence-electron chi connectivity index (χ4n) is 2.37. The molecule has 0 bridgehead atoms. The molecule has 0 spiro atoms. The fourth-order valence-corrected chi connectivity index (χ4v) is 3.78. The van der Waals surface area contributed by atoms with Gasteiger partial charge in [0.15, 0.2) is 11.5 Å². The normalized spacial score (nSPS) is 10.4. The molecule has 0 unspecified atom stereocenters. The first-order valence-electron chi connectivity index (χ1n) is 7.94. The first-order valence-corrected chi connectivity index (χ1v) is 9.72. The molecule has 134 valence electrons. The minimum atomic E-state index is 0.113. The molecule has 0 aliphatic carbocycles. The van der Waals surface area contributed by atoms with Gasteiger partial charge in [0.2, 0.25) is 5.91 Å². The number of nitrogens with zero attached hydrogens (tertiary/aromatic N) is 1. The highest BCUT2D eigenvalue weighted by Crippen LogP contribution is 2.28. The zero-order chi connectivity index (χ0) is 18.2. The van der Waals surface area contributed by atoms with Crippen LogP contribution in [0.4, 0.5) is 0 Å². The first-order chi connectivity index (χ1) is 12.1. The van der Waals surface area contributed by atoms with E-state index in [9.17, 15) is 4.79 Å². The van der Waals surface area contributed by atoms with Crippen molar-refractivity contribution in [3.05, 3.63) is 52.5 Å². The van der Waals surface area contributed by atoms with Crippen molar-refractivity contribution in [2.75, 3.05) is 26.5 Å². The SMILES string of the molecule is CCN(Cc1ccc(OC)c(OC)c1)C(=O)CSc1cccc(Br)c1. The van der Waals surface area contributed by atoms with Crippen LogP contribution in [0.1, 0.15) is 12.5 Å². The lowest BCUT2D eigenvalue weighted by Gasteiger charge is -2.21. The van der Waals surface area contributed by atoms with Gasteiger partial charge < -0.3 is 14.4 Å². The summed E-state index contributed by atoms with van der Waals surface area (Å²) in [6.45, 7) is 3.20. The van der Waals surface area contributed by atoms with Crippen LogP contribution in [0.15, 0.2) is 51.8 Å². The molecule has 2 aromatic carbocycles. The fraction of sp³-hybridized carbons (Fsp3) is 0.316. The first kappa shape index (κ1) is 19.7. The lowest BCUT2D eigenvalue weighted by Crippen LogP contribution is -2.31. The predicted molar refractivity (Wildman–Crippen MR) is 106 cm³/mol. The van der Waals surface area contributed by atoms with Gasteiger partial charge in [0, 0.05) is 22.5 Å². The third-order valence-corrected chi connectivity index (χ3v) is 5.19. The number of hydrogen-bond donors (Lipinski definition) is 0. The minimum Gasteiger partial charge on any atom is -0.493 e. The zero-order valence-corrected chi connectivity index (χ0v) is 17.0. The van der Waals surface area contributed by atoms with Crippen LogP contribution in [-0.2, 0) is 11.3 Å². The summed E-state index contributed by atoms with van der Waals surface area (Å²) in [5.74, 6) is 1.89. The number of ether oxygens (including phenoxy) is 2. The smallest absolute Gasteiger partial charge is 0.233 e. The molecule has 0 saturated carbocycles. The Bertz CT molecular complexity index is 724. The number of carbonyl (C=O) groups excluding carboxylic acids is 1. The Morgan fingerprint density at radius 2 is 1.88 bits per heavy atom. The number of methoxy groups -OCH3 is 2. The van der Waals surface area contributed by atoms with Crippen LogP contribution in [0.5, 0.6) is 11.5 Å². The molecule has 0 aromatic heterocycles. The Balaban J connectivity index is 2.00. The largest absolute Gasteiger partial charge is 0.493 e. The number of carbonyl (C=O) groups is 1. The number of thioether (sulfide) groups is 1. The van der Waals surface area contributed by atoms with Crippen molar-refractivity contribution in [3.63, 3.8) is 0 Å². The van der Waals surface area contributed by atoms with Crippen LogP contribution in [-0.4, -0.2) is 37.3 Å². The van der Waals surface area contributed by atoms with Crippen molar-refractivity contribution >= 4 is 33.6 Å². The molecule has 0 N–H and O–H groups in total. The van der Waals surface area contributed by atoms with Gasteiger partial charge in [-0.1, -0.05) is 28.1 Å². The van der Waals surface area contributed by atoms with E-state index in [4.69, 9.17) is 9.47 Å². The average molecular weight is 424 g/mol. The van der Waals surface area contributed by atoms with Crippen LogP contribution in [0.3, 0.4) is 0 Å². The summed E-state index contributed by atoms with van der Waals surface area (Å²) < 4.78 is 11.6. The predicted octanol–water partition coefficient (Wildman–Crippen LogP) is 4.61. The van der Waals surface area contributed by atoms with E-state index >= 15 is 0 Å². The van der Waals surface area contributed by atoms with E-state index in [0.717, 1.165) is 14.9 Å². The van der Waals surface area contributed by atoms with Crippen molar-refractivity contribution in [1.82, 2.24) is 4.90 Å². The summed E-state index contributed by atoms with van der Waals surface area (Å²) in [4.78, 5) is 15.5. The summed E-state index contributed by atoms with van der Waals surface area (Å²) in [5.41, 5.74) is 1.01. The Labute approximate surface area is 161 Å². The summed E-state index contributed by atoms with van der Waals surface area (Å²) >= 11 is 5.00. The third-order valence-electron chi connectivity index (χ3n) is 3.71. The maximum Gasteiger partial charge on any atom is 0.233 e. The average Bonchev–Trinajstić information content (AvgIpc) is 2.64. The Hall–Kier alpha value is -1.66. The topological polar surface area (TPSA) is 38.8 Å². The van der Waals surface area contributed by atoms with E-state index in [1.165, 1.54) is 0 Å². The molecule has 25 heavy (non-hydrogen) atoms. The lowest BCUT2D eigenvalue weighted by molar-refractivity contribution is -0.128. The summed E-state index contributed by atoms with van der Waals surface area (Å²) in [5, 5.41) is 0. The molecule has 0 aliphatic heterocycles. The maximum atomic E-state index is 12.6. The quantitative estimate of drug-likeness (QED) is 0.581. The van der Waals surface area contributed by atoms with Gasteiger partial charge in [-0.25, -0.2) is 0 Å². The van der Waals surface area contributed by atoms with Crippen LogP contribution in [0.2, 0.25) is 0 Å². The van der Waals surface area contributed by atoms with Crippen molar-refractivity contribution in [3.8, 4) is 11.5 Å². The van der Waals surface area contributed by atoms with E-state index in [0.29, 0.717) is 30.3 Å². The molecule has 2 rings (SSSR count). The van der Waals surface area contributed by atoms with Crippen molar-refractivity contribution in [2.24, 2.45) is 0 Å². The molecular weight excluding hydrogens is 402 g/mol. The van der Waals surface area contributed by atoms with Gasteiger partial charge in [0.05, 0.1) is 20.0 Å². The molecule has 1 amide bonds. The Morgan fingerprint density at radius 3 is 2.52 bits per heavy atom. The standard InChI is InChI=1S/C19H22BrNO3S/c1-4-21(12-14-8-9-17(23-2)18(10-14)24-3)19(22)13-25-16-7-5-6-15(20)11-16/h5-11H,4,12-13H2,1-3H3. The summed E-state index contributed by atoms with van der Waals surface area (Å²) in [7, 11) is 3.22. The van der Waals surface area contributed by atoms with Crippen LogP contribution < -0.4 is 9.47 Å². The van der Waals surface area contributed by atoms with Gasteiger partial charge in [0.1, 0.15) is 0 Å². The number of benzene rings is 2. The molecule has 0 fully saturated rings. The van der Waals surface area contributed by atoms with Gasteiger partial charge in [-0.2, -0.15) is 0 Å².